The third kappa shape index (κ3) is 10.2. The summed E-state index contributed by atoms with van der Waals surface area (Å²) in [6.07, 6.45) is 9.06. The largest absolute Gasteiger partial charge is 0.385 e. The molecule has 0 aromatic heterocycles. The van der Waals surface area contributed by atoms with E-state index in [1.807, 2.05) is 0 Å². The minimum atomic E-state index is 0.714. The van der Waals surface area contributed by atoms with Gasteiger partial charge < -0.3 is 10.1 Å². The van der Waals surface area contributed by atoms with Crippen LogP contribution in [0.25, 0.3) is 0 Å². The lowest BCUT2D eigenvalue weighted by atomic mass is 10.0. The Morgan fingerprint density at radius 1 is 1.00 bits per heavy atom. The summed E-state index contributed by atoms with van der Waals surface area (Å²) in [7, 11) is 1.78. The van der Waals surface area contributed by atoms with Gasteiger partial charge in [0.25, 0.3) is 0 Å². The lowest BCUT2D eigenvalue weighted by Gasteiger charge is -2.18. The highest BCUT2D eigenvalue weighted by Gasteiger charge is 2.06. The van der Waals surface area contributed by atoms with Crippen molar-refractivity contribution in [2.24, 2.45) is 0 Å². The molecule has 1 unspecified atom stereocenters. The van der Waals surface area contributed by atoms with Gasteiger partial charge in [0.15, 0.2) is 0 Å². The first-order valence-corrected chi connectivity index (χ1v) is 6.57. The number of hydrogen-bond donors (Lipinski definition) is 1. The van der Waals surface area contributed by atoms with Gasteiger partial charge in [0, 0.05) is 19.8 Å². The van der Waals surface area contributed by atoms with Gasteiger partial charge in [-0.1, -0.05) is 33.1 Å². The van der Waals surface area contributed by atoms with E-state index in [4.69, 9.17) is 4.74 Å². The van der Waals surface area contributed by atoms with Crippen molar-refractivity contribution in [1.29, 1.82) is 0 Å². The van der Waals surface area contributed by atoms with E-state index in [0.29, 0.717) is 6.04 Å². The van der Waals surface area contributed by atoms with E-state index in [1.54, 1.807) is 7.11 Å². The fraction of sp³-hybridized carbons (Fsp3) is 1.00. The van der Waals surface area contributed by atoms with Gasteiger partial charge in [-0.2, -0.15) is 0 Å². The molecule has 0 saturated carbocycles. The number of unbranched alkanes of at least 4 members (excludes halogenated alkanes) is 2. The molecule has 0 saturated heterocycles. The molecule has 0 aliphatic carbocycles. The van der Waals surface area contributed by atoms with E-state index in [1.165, 1.54) is 44.9 Å². The van der Waals surface area contributed by atoms with E-state index in [2.05, 4.69) is 19.2 Å². The predicted molar refractivity (Wildman–Crippen MR) is 67.3 cm³/mol. The fourth-order valence-corrected chi connectivity index (χ4v) is 1.81. The van der Waals surface area contributed by atoms with Crippen molar-refractivity contribution in [2.75, 3.05) is 20.3 Å². The minimum absolute atomic E-state index is 0.714. The highest BCUT2D eigenvalue weighted by molar-refractivity contribution is 4.66. The Balaban J connectivity index is 3.53. The number of methoxy groups -OCH3 is 1. The fourth-order valence-electron chi connectivity index (χ4n) is 1.81. The molecule has 0 aromatic rings. The normalized spacial score (nSPS) is 13.0. The lowest BCUT2D eigenvalue weighted by Crippen LogP contribution is -2.30. The van der Waals surface area contributed by atoms with Crippen LogP contribution in [-0.4, -0.2) is 26.3 Å². The van der Waals surface area contributed by atoms with Gasteiger partial charge >= 0.3 is 0 Å². The summed E-state index contributed by atoms with van der Waals surface area (Å²) in [5.74, 6) is 0. The number of rotatable bonds is 11. The van der Waals surface area contributed by atoms with Crippen LogP contribution >= 0.6 is 0 Å². The van der Waals surface area contributed by atoms with Crippen LogP contribution < -0.4 is 5.32 Å². The molecule has 15 heavy (non-hydrogen) atoms. The molecular formula is C13H29NO. The van der Waals surface area contributed by atoms with Crippen molar-refractivity contribution in [3.8, 4) is 0 Å². The first-order chi connectivity index (χ1) is 7.35. The van der Waals surface area contributed by atoms with E-state index < -0.39 is 0 Å². The lowest BCUT2D eigenvalue weighted by molar-refractivity contribution is 0.187. The van der Waals surface area contributed by atoms with E-state index in [0.717, 1.165) is 13.2 Å². The smallest absolute Gasteiger partial charge is 0.0462 e. The monoisotopic (exact) mass is 215 g/mol. The molecule has 0 radical (unpaired) electrons. The van der Waals surface area contributed by atoms with Crippen molar-refractivity contribution in [3.05, 3.63) is 0 Å². The molecular weight excluding hydrogens is 186 g/mol. The van der Waals surface area contributed by atoms with E-state index in [-0.39, 0.29) is 0 Å². The standard InChI is InChI=1S/C13H29NO/c1-4-6-7-9-13(14-11-5-2)10-8-12-15-3/h13-14H,4-12H2,1-3H3. The van der Waals surface area contributed by atoms with Gasteiger partial charge in [-0.3, -0.25) is 0 Å². The maximum atomic E-state index is 5.09. The highest BCUT2D eigenvalue weighted by atomic mass is 16.5. The molecule has 0 bridgehead atoms. The van der Waals surface area contributed by atoms with Crippen molar-refractivity contribution in [2.45, 2.75) is 64.8 Å². The Hall–Kier alpha value is -0.0800. The number of ether oxygens (including phenoxy) is 1. The van der Waals surface area contributed by atoms with E-state index in [9.17, 15) is 0 Å². The second-order valence-corrected chi connectivity index (χ2v) is 4.28. The first-order valence-electron chi connectivity index (χ1n) is 6.57. The van der Waals surface area contributed by atoms with Gasteiger partial charge in [-0.15, -0.1) is 0 Å². The second-order valence-electron chi connectivity index (χ2n) is 4.28. The Morgan fingerprint density at radius 3 is 2.33 bits per heavy atom. The third-order valence-corrected chi connectivity index (χ3v) is 2.74. The maximum Gasteiger partial charge on any atom is 0.0462 e. The summed E-state index contributed by atoms with van der Waals surface area (Å²) in [6.45, 7) is 6.55. The van der Waals surface area contributed by atoms with Crippen LogP contribution in [0.5, 0.6) is 0 Å². The molecule has 1 N–H and O–H groups in total. The molecule has 1 atom stereocenters. The van der Waals surface area contributed by atoms with Gasteiger partial charge in [0.1, 0.15) is 0 Å². The Kier molecular flexibility index (Phi) is 11.9. The average molecular weight is 215 g/mol. The van der Waals surface area contributed by atoms with Crippen LogP contribution in [-0.2, 0) is 4.74 Å². The Labute approximate surface area is 95.8 Å². The summed E-state index contributed by atoms with van der Waals surface area (Å²) in [6, 6.07) is 0.714. The molecule has 92 valence electrons. The van der Waals surface area contributed by atoms with Crippen LogP contribution in [0.4, 0.5) is 0 Å². The Bertz CT molecular complexity index is 107. The van der Waals surface area contributed by atoms with Gasteiger partial charge in [0.05, 0.1) is 0 Å². The molecule has 0 aliphatic heterocycles. The molecule has 0 spiro atoms. The number of hydrogen-bond acceptors (Lipinski definition) is 2. The van der Waals surface area contributed by atoms with Gasteiger partial charge in [-0.25, -0.2) is 0 Å². The number of nitrogens with one attached hydrogen (secondary N) is 1. The third-order valence-electron chi connectivity index (χ3n) is 2.74. The zero-order chi connectivity index (χ0) is 11.4. The summed E-state index contributed by atoms with van der Waals surface area (Å²) in [5.41, 5.74) is 0. The van der Waals surface area contributed by atoms with Crippen LogP contribution in [0, 0.1) is 0 Å². The van der Waals surface area contributed by atoms with Crippen molar-refractivity contribution < 1.29 is 4.74 Å². The average Bonchev–Trinajstić information content (AvgIpc) is 2.25. The molecule has 0 amide bonds. The zero-order valence-corrected chi connectivity index (χ0v) is 10.8. The van der Waals surface area contributed by atoms with Crippen LogP contribution in [0.2, 0.25) is 0 Å². The zero-order valence-electron chi connectivity index (χ0n) is 10.8. The molecule has 0 heterocycles. The Morgan fingerprint density at radius 2 is 1.73 bits per heavy atom. The molecule has 2 nitrogen and oxygen atoms in total. The molecule has 0 rings (SSSR count). The summed E-state index contributed by atoms with van der Waals surface area (Å²) in [4.78, 5) is 0. The minimum Gasteiger partial charge on any atom is -0.385 e. The SMILES string of the molecule is CCCCCC(CCCOC)NCCC. The second kappa shape index (κ2) is 12.0. The summed E-state index contributed by atoms with van der Waals surface area (Å²) in [5, 5.41) is 3.63. The molecule has 0 aromatic carbocycles. The molecule has 0 aliphatic rings. The highest BCUT2D eigenvalue weighted by Crippen LogP contribution is 2.08. The molecule has 0 fully saturated rings. The molecule has 2 heteroatoms. The van der Waals surface area contributed by atoms with Gasteiger partial charge in [-0.05, 0) is 32.2 Å². The van der Waals surface area contributed by atoms with Crippen LogP contribution in [0.1, 0.15) is 58.8 Å². The topological polar surface area (TPSA) is 21.3 Å². The van der Waals surface area contributed by atoms with Crippen LogP contribution in [0.15, 0.2) is 0 Å². The van der Waals surface area contributed by atoms with Crippen LogP contribution in [0.3, 0.4) is 0 Å². The quantitative estimate of drug-likeness (QED) is 0.534. The first kappa shape index (κ1) is 14.9. The summed E-state index contributed by atoms with van der Waals surface area (Å²) < 4.78 is 5.09. The van der Waals surface area contributed by atoms with Crippen molar-refractivity contribution in [3.63, 3.8) is 0 Å². The summed E-state index contributed by atoms with van der Waals surface area (Å²) >= 11 is 0. The van der Waals surface area contributed by atoms with Gasteiger partial charge in [0.2, 0.25) is 0 Å². The van der Waals surface area contributed by atoms with Crippen molar-refractivity contribution in [1.82, 2.24) is 5.32 Å². The van der Waals surface area contributed by atoms with Crippen molar-refractivity contribution >= 4 is 0 Å². The maximum absolute atomic E-state index is 5.09. The van der Waals surface area contributed by atoms with E-state index >= 15 is 0 Å². The predicted octanol–water partition coefficient (Wildman–Crippen LogP) is 3.36.